The predicted octanol–water partition coefficient (Wildman–Crippen LogP) is 4.04. The summed E-state index contributed by atoms with van der Waals surface area (Å²) >= 11 is 0. The second kappa shape index (κ2) is 14.5. The smallest absolute Gasteiger partial charge is 0.328 e. The number of benzene rings is 2. The van der Waals surface area contributed by atoms with Gasteiger partial charge < -0.3 is 33.3 Å². The van der Waals surface area contributed by atoms with Gasteiger partial charge in [0.15, 0.2) is 28.4 Å². The molecule has 0 amide bonds. The van der Waals surface area contributed by atoms with E-state index in [2.05, 4.69) is 4.90 Å². The fourth-order valence-electron chi connectivity index (χ4n) is 4.34. The van der Waals surface area contributed by atoms with Crippen LogP contribution in [0.3, 0.4) is 0 Å². The first kappa shape index (κ1) is 30.8. The molecule has 0 N–H and O–H groups in total. The first-order valence-electron chi connectivity index (χ1n) is 12.6. The van der Waals surface area contributed by atoms with Crippen LogP contribution in [-0.4, -0.2) is 78.6 Å². The van der Waals surface area contributed by atoms with E-state index in [-0.39, 0.29) is 6.42 Å². The average molecular weight is 532 g/mol. The zero-order chi connectivity index (χ0) is 28.3. The first-order chi connectivity index (χ1) is 18.2. The maximum atomic E-state index is 13.5. The molecule has 0 fully saturated rings. The molecule has 0 radical (unpaired) electrons. The lowest BCUT2D eigenvalue weighted by Gasteiger charge is -2.31. The molecule has 0 saturated heterocycles. The molecule has 38 heavy (non-hydrogen) atoms. The third-order valence-electron chi connectivity index (χ3n) is 6.42. The Bertz CT molecular complexity index is 1070. The Morgan fingerprint density at radius 2 is 1.37 bits per heavy atom. The molecule has 2 aromatic carbocycles. The molecular formula is C29H41NO8. The molecule has 2 aromatic rings. The van der Waals surface area contributed by atoms with E-state index in [0.717, 1.165) is 18.5 Å². The molecule has 0 aromatic heterocycles. The van der Waals surface area contributed by atoms with Crippen molar-refractivity contribution in [3.8, 4) is 23.0 Å². The van der Waals surface area contributed by atoms with Gasteiger partial charge in [-0.05, 0) is 82.1 Å². The summed E-state index contributed by atoms with van der Waals surface area (Å²) in [5, 5.41) is 0. The van der Waals surface area contributed by atoms with E-state index in [0.29, 0.717) is 41.5 Å². The number of nitrogens with zero attached hydrogens (tertiary/aromatic N) is 1. The van der Waals surface area contributed by atoms with Crippen molar-refractivity contribution in [1.82, 2.24) is 4.90 Å². The van der Waals surface area contributed by atoms with Crippen molar-refractivity contribution >= 4 is 11.9 Å². The highest BCUT2D eigenvalue weighted by atomic mass is 16.6. The molecule has 0 heterocycles. The molecule has 0 aliphatic carbocycles. The van der Waals surface area contributed by atoms with E-state index in [1.807, 2.05) is 25.2 Å². The van der Waals surface area contributed by atoms with E-state index in [1.165, 1.54) is 21.3 Å². The molecule has 0 spiro atoms. The van der Waals surface area contributed by atoms with Crippen molar-refractivity contribution < 1.29 is 38.0 Å². The van der Waals surface area contributed by atoms with Crippen molar-refractivity contribution in [2.75, 3.05) is 55.7 Å². The number of hydrogen-bond acceptors (Lipinski definition) is 9. The quantitative estimate of drug-likeness (QED) is 0.249. The van der Waals surface area contributed by atoms with Crippen molar-refractivity contribution in [3.05, 3.63) is 47.5 Å². The number of hydrogen-bond donors (Lipinski definition) is 0. The molecule has 9 nitrogen and oxygen atoms in total. The van der Waals surface area contributed by atoms with Crippen LogP contribution in [0.15, 0.2) is 36.4 Å². The first-order valence-corrected chi connectivity index (χ1v) is 12.6. The standard InChI is InChI=1S/C29H41NO8/c1-20(2)38-28(32)29(27(31)37-8,22-11-13-24(34-5)26(19-22)36-7)15-9-16-30(3)17-14-21-10-12-23(33-4)25(18-21)35-6/h10-13,18-20H,9,14-17H2,1-8H3. The normalized spacial score (nSPS) is 12.6. The maximum Gasteiger partial charge on any atom is 0.328 e. The predicted molar refractivity (Wildman–Crippen MR) is 144 cm³/mol. The summed E-state index contributed by atoms with van der Waals surface area (Å²) in [5.74, 6) is 0.939. The van der Waals surface area contributed by atoms with Gasteiger partial charge in [0.2, 0.25) is 0 Å². The third-order valence-corrected chi connectivity index (χ3v) is 6.42. The Kier molecular flexibility index (Phi) is 11.7. The summed E-state index contributed by atoms with van der Waals surface area (Å²) in [6, 6.07) is 10.9. The maximum absolute atomic E-state index is 13.5. The van der Waals surface area contributed by atoms with Gasteiger partial charge in [-0.15, -0.1) is 0 Å². The van der Waals surface area contributed by atoms with Crippen LogP contribution in [0, 0.1) is 0 Å². The number of carbonyl (C=O) groups is 2. The minimum atomic E-state index is -1.65. The van der Waals surface area contributed by atoms with Gasteiger partial charge in [0.25, 0.3) is 0 Å². The van der Waals surface area contributed by atoms with E-state index in [4.69, 9.17) is 28.4 Å². The number of carbonyl (C=O) groups excluding carboxylic acids is 2. The highest BCUT2D eigenvalue weighted by Crippen LogP contribution is 2.38. The van der Waals surface area contributed by atoms with Gasteiger partial charge in [-0.1, -0.05) is 12.1 Å². The van der Waals surface area contributed by atoms with Gasteiger partial charge >= 0.3 is 11.9 Å². The van der Waals surface area contributed by atoms with Gasteiger partial charge in [-0.25, -0.2) is 0 Å². The van der Waals surface area contributed by atoms with E-state index < -0.39 is 23.5 Å². The number of ether oxygens (including phenoxy) is 6. The van der Waals surface area contributed by atoms with Gasteiger partial charge in [0.05, 0.1) is 41.7 Å². The molecule has 1 atom stereocenters. The summed E-state index contributed by atoms with van der Waals surface area (Å²) in [7, 11) is 9.53. The zero-order valence-corrected chi connectivity index (χ0v) is 23.8. The third kappa shape index (κ3) is 7.31. The molecular weight excluding hydrogens is 490 g/mol. The summed E-state index contributed by atoms with van der Waals surface area (Å²) in [6.45, 7) is 4.91. The summed E-state index contributed by atoms with van der Waals surface area (Å²) in [6.07, 6.45) is 1.13. The average Bonchev–Trinajstić information content (AvgIpc) is 2.92. The topological polar surface area (TPSA) is 92.8 Å². The van der Waals surface area contributed by atoms with Gasteiger partial charge in [0.1, 0.15) is 0 Å². The second-order valence-corrected chi connectivity index (χ2v) is 9.27. The van der Waals surface area contributed by atoms with Crippen LogP contribution in [0.25, 0.3) is 0 Å². The molecule has 2 rings (SSSR count). The Hall–Kier alpha value is -3.46. The molecule has 0 saturated carbocycles. The fraction of sp³-hybridized carbons (Fsp3) is 0.517. The van der Waals surface area contributed by atoms with Crippen LogP contribution in [0.5, 0.6) is 23.0 Å². The van der Waals surface area contributed by atoms with Crippen molar-refractivity contribution in [2.24, 2.45) is 0 Å². The molecule has 0 aliphatic rings. The summed E-state index contributed by atoms with van der Waals surface area (Å²) < 4.78 is 32.2. The van der Waals surface area contributed by atoms with Crippen molar-refractivity contribution in [3.63, 3.8) is 0 Å². The van der Waals surface area contributed by atoms with Crippen LogP contribution in [0.4, 0.5) is 0 Å². The number of methoxy groups -OCH3 is 5. The molecule has 210 valence electrons. The van der Waals surface area contributed by atoms with Crippen LogP contribution in [0.2, 0.25) is 0 Å². The van der Waals surface area contributed by atoms with E-state index in [9.17, 15) is 9.59 Å². The van der Waals surface area contributed by atoms with Crippen LogP contribution in [0.1, 0.15) is 37.8 Å². The van der Waals surface area contributed by atoms with Crippen LogP contribution in [-0.2, 0) is 30.9 Å². The molecule has 0 aliphatic heterocycles. The number of rotatable bonds is 15. The molecule has 1 unspecified atom stereocenters. The lowest BCUT2D eigenvalue weighted by Crippen LogP contribution is -2.47. The van der Waals surface area contributed by atoms with Crippen molar-refractivity contribution in [2.45, 2.75) is 44.6 Å². The van der Waals surface area contributed by atoms with Gasteiger partial charge in [-0.3, -0.25) is 9.59 Å². The largest absolute Gasteiger partial charge is 0.493 e. The van der Waals surface area contributed by atoms with Crippen LogP contribution >= 0.6 is 0 Å². The van der Waals surface area contributed by atoms with Gasteiger partial charge in [0, 0.05) is 6.54 Å². The Labute approximate surface area is 225 Å². The molecule has 9 heteroatoms. The minimum Gasteiger partial charge on any atom is -0.493 e. The SMILES string of the molecule is COC(=O)C(CCCN(C)CCc1ccc(OC)c(OC)c1)(C(=O)OC(C)C)c1ccc(OC)c(OC)c1. The molecule has 0 bridgehead atoms. The van der Waals surface area contributed by atoms with E-state index in [1.54, 1.807) is 46.3 Å². The zero-order valence-electron chi connectivity index (χ0n) is 23.8. The Balaban J connectivity index is 2.24. The number of esters is 2. The van der Waals surface area contributed by atoms with Crippen molar-refractivity contribution in [1.29, 1.82) is 0 Å². The Morgan fingerprint density at radius 1 is 0.789 bits per heavy atom. The monoisotopic (exact) mass is 531 g/mol. The fourth-order valence-corrected chi connectivity index (χ4v) is 4.34. The highest BCUT2D eigenvalue weighted by molar-refractivity contribution is 6.06. The number of likely N-dealkylation sites (N-methyl/N-ethyl adjacent to an activating group) is 1. The lowest BCUT2D eigenvalue weighted by molar-refractivity contribution is -0.166. The Morgan fingerprint density at radius 3 is 1.92 bits per heavy atom. The summed E-state index contributed by atoms with van der Waals surface area (Å²) in [5.41, 5.74) is -0.104. The van der Waals surface area contributed by atoms with E-state index >= 15 is 0 Å². The minimum absolute atomic E-state index is 0.196. The van der Waals surface area contributed by atoms with Gasteiger partial charge in [-0.2, -0.15) is 0 Å². The summed E-state index contributed by atoms with van der Waals surface area (Å²) in [4.78, 5) is 28.9. The van der Waals surface area contributed by atoms with Crippen LogP contribution < -0.4 is 18.9 Å². The highest BCUT2D eigenvalue weighted by Gasteiger charge is 2.50. The lowest BCUT2D eigenvalue weighted by atomic mass is 9.76. The second-order valence-electron chi connectivity index (χ2n) is 9.27.